The molecular weight excluding hydrogens is 475 g/mol. The summed E-state index contributed by atoms with van der Waals surface area (Å²) in [5.41, 5.74) is 4.68. The van der Waals surface area contributed by atoms with Gasteiger partial charge in [-0.3, -0.25) is 4.90 Å². The van der Waals surface area contributed by atoms with E-state index in [1.54, 1.807) is 12.5 Å². The molecule has 1 aliphatic rings. The van der Waals surface area contributed by atoms with Gasteiger partial charge in [-0.25, -0.2) is 24.3 Å². The zero-order valence-corrected chi connectivity index (χ0v) is 20.6. The topological polar surface area (TPSA) is 103 Å². The average molecular weight is 501 g/mol. The molecule has 0 bridgehead atoms. The predicted molar refractivity (Wildman–Crippen MR) is 137 cm³/mol. The molecule has 0 spiro atoms. The Morgan fingerprint density at radius 2 is 1.89 bits per heavy atom. The number of halogens is 1. The first kappa shape index (κ1) is 23.0. The van der Waals surface area contributed by atoms with E-state index < -0.39 is 12.3 Å². The van der Waals surface area contributed by atoms with Crippen LogP contribution in [0.3, 0.4) is 0 Å². The molecule has 1 aliphatic heterocycles. The van der Waals surface area contributed by atoms with Crippen LogP contribution in [0.4, 0.5) is 15.9 Å². The van der Waals surface area contributed by atoms with E-state index in [-0.39, 0.29) is 6.01 Å². The summed E-state index contributed by atoms with van der Waals surface area (Å²) in [6.45, 7) is 2.77. The number of ether oxygens (including phenoxy) is 2. The summed E-state index contributed by atoms with van der Waals surface area (Å²) in [5, 5.41) is 3.29. The minimum absolute atomic E-state index is 0.0955. The van der Waals surface area contributed by atoms with Gasteiger partial charge in [0.1, 0.15) is 35.0 Å². The molecule has 10 nitrogen and oxygen atoms in total. The van der Waals surface area contributed by atoms with Crippen LogP contribution in [0.15, 0.2) is 55.2 Å². The standard InChI is InChI=1S/C26H25FN8O2/c1-15-8-16(4-7-22(15)36-17-5-6-21-19(9-17)31-14-35(21)3)32-25-24-20(29-13-30-25)10-28-26(33-24)37-23-12-34(2)11-18(23)27/h4-10,13-14,18,23H,11-12H2,1-3H3,(H,29,30,32)/t18-,23+/m1/s1. The van der Waals surface area contributed by atoms with Gasteiger partial charge in [-0.15, -0.1) is 0 Å². The third kappa shape index (κ3) is 4.60. The van der Waals surface area contributed by atoms with E-state index in [0.717, 1.165) is 28.0 Å². The van der Waals surface area contributed by atoms with E-state index in [1.165, 1.54) is 6.33 Å². The lowest BCUT2D eigenvalue weighted by atomic mass is 10.2. The van der Waals surface area contributed by atoms with E-state index in [9.17, 15) is 4.39 Å². The molecule has 1 saturated heterocycles. The smallest absolute Gasteiger partial charge is 0.317 e. The molecule has 0 unspecified atom stereocenters. The highest BCUT2D eigenvalue weighted by Crippen LogP contribution is 2.31. The minimum Gasteiger partial charge on any atom is -0.457 e. The summed E-state index contributed by atoms with van der Waals surface area (Å²) in [6.07, 6.45) is 3.07. The normalized spacial score (nSPS) is 17.9. The first-order valence-corrected chi connectivity index (χ1v) is 11.9. The maximum absolute atomic E-state index is 14.2. The molecule has 188 valence electrons. The maximum Gasteiger partial charge on any atom is 0.317 e. The van der Waals surface area contributed by atoms with E-state index in [0.29, 0.717) is 35.7 Å². The number of nitrogens with zero attached hydrogens (tertiary/aromatic N) is 7. The molecule has 0 amide bonds. The molecule has 2 aromatic carbocycles. The summed E-state index contributed by atoms with van der Waals surface area (Å²) in [5.74, 6) is 1.94. The predicted octanol–water partition coefficient (Wildman–Crippen LogP) is 4.18. The van der Waals surface area contributed by atoms with Crippen molar-refractivity contribution in [3.05, 3.63) is 60.8 Å². The molecule has 2 atom stereocenters. The molecular formula is C26H25FN8O2. The maximum atomic E-state index is 14.2. The van der Waals surface area contributed by atoms with E-state index in [2.05, 4.69) is 30.2 Å². The number of aryl methyl sites for hydroxylation is 2. The van der Waals surface area contributed by atoms with Crippen LogP contribution in [-0.4, -0.2) is 66.8 Å². The van der Waals surface area contributed by atoms with Gasteiger partial charge in [0.15, 0.2) is 12.0 Å². The second-order valence-electron chi connectivity index (χ2n) is 9.22. The van der Waals surface area contributed by atoms with Gasteiger partial charge < -0.3 is 19.4 Å². The highest BCUT2D eigenvalue weighted by atomic mass is 19.1. The van der Waals surface area contributed by atoms with Crippen molar-refractivity contribution in [1.29, 1.82) is 0 Å². The lowest BCUT2D eigenvalue weighted by Crippen LogP contribution is -2.27. The summed E-state index contributed by atoms with van der Waals surface area (Å²) in [4.78, 5) is 23.6. The van der Waals surface area contributed by atoms with Crippen molar-refractivity contribution in [3.63, 3.8) is 0 Å². The summed E-state index contributed by atoms with van der Waals surface area (Å²) >= 11 is 0. The molecule has 5 aromatic rings. The van der Waals surface area contributed by atoms with Crippen LogP contribution < -0.4 is 14.8 Å². The van der Waals surface area contributed by atoms with Crippen molar-refractivity contribution in [2.24, 2.45) is 7.05 Å². The van der Waals surface area contributed by atoms with Crippen LogP contribution in [-0.2, 0) is 7.05 Å². The summed E-state index contributed by atoms with van der Waals surface area (Å²) in [7, 11) is 3.81. The highest BCUT2D eigenvalue weighted by Gasteiger charge is 2.33. The Morgan fingerprint density at radius 1 is 1.00 bits per heavy atom. The summed E-state index contributed by atoms with van der Waals surface area (Å²) in [6, 6.07) is 11.7. The number of imidazole rings is 1. The fourth-order valence-electron chi connectivity index (χ4n) is 4.43. The Morgan fingerprint density at radius 3 is 2.70 bits per heavy atom. The molecule has 1 fully saturated rings. The molecule has 0 aliphatic carbocycles. The molecule has 0 radical (unpaired) electrons. The number of aromatic nitrogens is 6. The van der Waals surface area contributed by atoms with Crippen molar-refractivity contribution in [3.8, 4) is 17.5 Å². The monoisotopic (exact) mass is 500 g/mol. The van der Waals surface area contributed by atoms with Gasteiger partial charge in [0.25, 0.3) is 0 Å². The Labute approximate surface area is 212 Å². The molecule has 1 N–H and O–H groups in total. The van der Waals surface area contributed by atoms with Crippen LogP contribution in [0, 0.1) is 6.92 Å². The molecule has 37 heavy (non-hydrogen) atoms. The lowest BCUT2D eigenvalue weighted by Gasteiger charge is -2.14. The SMILES string of the molecule is Cc1cc(Nc2ncnc3cnc(O[C@H]4CN(C)C[C@H]4F)nc23)ccc1Oc1ccc2c(c1)ncn2C. The first-order chi connectivity index (χ1) is 17.9. The van der Waals surface area contributed by atoms with Crippen molar-refractivity contribution < 1.29 is 13.9 Å². The van der Waals surface area contributed by atoms with Gasteiger partial charge in [0.2, 0.25) is 0 Å². The van der Waals surface area contributed by atoms with E-state index in [1.807, 2.05) is 66.9 Å². The Hall–Kier alpha value is -4.38. The van der Waals surface area contributed by atoms with E-state index in [4.69, 9.17) is 9.47 Å². The molecule has 4 heterocycles. The van der Waals surface area contributed by atoms with E-state index >= 15 is 0 Å². The average Bonchev–Trinajstić information content (AvgIpc) is 3.41. The highest BCUT2D eigenvalue weighted by molar-refractivity contribution is 5.86. The fraction of sp³-hybridized carbons (Fsp3) is 0.269. The van der Waals surface area contributed by atoms with Crippen molar-refractivity contribution >= 4 is 33.6 Å². The van der Waals surface area contributed by atoms with Crippen molar-refractivity contribution in [1.82, 2.24) is 34.4 Å². The van der Waals surface area contributed by atoms with Crippen LogP contribution in [0.5, 0.6) is 17.5 Å². The quantitative estimate of drug-likeness (QED) is 0.368. The number of rotatable bonds is 6. The zero-order valence-electron chi connectivity index (χ0n) is 20.6. The number of nitrogens with one attached hydrogen (secondary N) is 1. The summed E-state index contributed by atoms with van der Waals surface area (Å²) < 4.78 is 28.0. The van der Waals surface area contributed by atoms with Gasteiger partial charge in [-0.2, -0.15) is 4.98 Å². The Bertz CT molecular complexity index is 1610. The number of hydrogen-bond acceptors (Lipinski definition) is 9. The largest absolute Gasteiger partial charge is 0.457 e. The van der Waals surface area contributed by atoms with Gasteiger partial charge in [0, 0.05) is 31.9 Å². The number of alkyl halides is 1. The zero-order chi connectivity index (χ0) is 25.5. The van der Waals surface area contributed by atoms with Gasteiger partial charge in [-0.05, 0) is 49.9 Å². The molecule has 3 aromatic heterocycles. The lowest BCUT2D eigenvalue weighted by molar-refractivity contribution is 0.128. The van der Waals surface area contributed by atoms with Crippen LogP contribution in [0.25, 0.3) is 22.1 Å². The van der Waals surface area contributed by atoms with Gasteiger partial charge in [-0.1, -0.05) is 0 Å². The minimum atomic E-state index is -1.09. The third-order valence-corrected chi connectivity index (χ3v) is 6.36. The fourth-order valence-corrected chi connectivity index (χ4v) is 4.43. The molecule has 6 rings (SSSR count). The van der Waals surface area contributed by atoms with Crippen LogP contribution in [0.1, 0.15) is 5.56 Å². The number of hydrogen-bond donors (Lipinski definition) is 1. The first-order valence-electron chi connectivity index (χ1n) is 11.9. The van der Waals surface area contributed by atoms with Gasteiger partial charge in [0.05, 0.1) is 23.6 Å². The van der Waals surface area contributed by atoms with Crippen LogP contribution >= 0.6 is 0 Å². The molecule has 11 heteroatoms. The number of likely N-dealkylation sites (N-methyl/N-ethyl adjacent to an activating group) is 1. The second kappa shape index (κ2) is 9.25. The Kier molecular flexibility index (Phi) is 5.76. The number of benzene rings is 2. The van der Waals surface area contributed by atoms with Crippen LogP contribution in [0.2, 0.25) is 0 Å². The Balaban J connectivity index is 1.22. The second-order valence-corrected chi connectivity index (χ2v) is 9.22. The van der Waals surface area contributed by atoms with Gasteiger partial charge >= 0.3 is 6.01 Å². The number of likely N-dealkylation sites (tertiary alicyclic amines) is 1. The van der Waals surface area contributed by atoms with Crippen molar-refractivity contribution in [2.75, 3.05) is 25.5 Å². The van der Waals surface area contributed by atoms with Crippen molar-refractivity contribution in [2.45, 2.75) is 19.2 Å². The number of fused-ring (bicyclic) bond motifs is 2. The third-order valence-electron chi connectivity index (χ3n) is 6.36. The molecule has 0 saturated carbocycles. The number of anilines is 2.